The summed E-state index contributed by atoms with van der Waals surface area (Å²) in [6.45, 7) is 4.90. The van der Waals surface area contributed by atoms with Crippen LogP contribution in [-0.2, 0) is 0 Å². The largest absolute Gasteiger partial charge is 1.00 e. The molecule has 0 saturated carbocycles. The smallest absolute Gasteiger partial charge is 0.850 e. The summed E-state index contributed by atoms with van der Waals surface area (Å²) in [4.78, 5) is 0. The van der Waals surface area contributed by atoms with Crippen molar-refractivity contribution in [2.45, 2.75) is 26.4 Å². The Morgan fingerprint density at radius 1 is 1.00 bits per heavy atom. The summed E-state index contributed by atoms with van der Waals surface area (Å²) in [7, 11) is 0. The molecule has 0 atom stereocenters. The molecule has 0 saturated heterocycles. The van der Waals surface area contributed by atoms with E-state index in [1.165, 1.54) is 0 Å². The molecule has 0 heterocycles. The van der Waals surface area contributed by atoms with Crippen LogP contribution < -0.4 is 64.2 Å². The fourth-order valence-electron chi connectivity index (χ4n) is 0. The zero-order valence-electron chi connectivity index (χ0n) is 6.49. The molecule has 0 aliphatic heterocycles. The van der Waals surface area contributed by atoms with Crippen molar-refractivity contribution < 1.29 is 64.2 Å². The molecule has 0 aromatic heterocycles. The summed E-state index contributed by atoms with van der Waals surface area (Å²) in [6, 6.07) is 0. The Morgan fingerprint density at radius 3 is 1.00 bits per heavy atom. The van der Waals surface area contributed by atoms with Gasteiger partial charge in [-0.2, -0.15) is 0 Å². The van der Waals surface area contributed by atoms with E-state index in [4.69, 9.17) is 0 Å². The van der Waals surface area contributed by atoms with Gasteiger partial charge in [-0.25, -0.2) is 0 Å². The van der Waals surface area contributed by atoms with Crippen LogP contribution in [0.15, 0.2) is 0 Å². The Labute approximate surface area is 95.6 Å². The van der Waals surface area contributed by atoms with Gasteiger partial charge in [0.1, 0.15) is 0 Å². The summed E-state index contributed by atoms with van der Waals surface area (Å²) < 4.78 is 0. The van der Waals surface area contributed by atoms with Gasteiger partial charge in [0.15, 0.2) is 0 Å². The summed E-state index contributed by atoms with van der Waals surface area (Å²) in [6.07, 6.45) is 0. The molecule has 0 aromatic rings. The Balaban J connectivity index is -0.0000000267. The molecule has 0 aliphatic rings. The second-order valence-electron chi connectivity index (χ2n) is 2.11. The van der Waals surface area contributed by atoms with Gasteiger partial charge in [-0.15, -0.1) is 5.60 Å². The van der Waals surface area contributed by atoms with E-state index in [0.29, 0.717) is 0 Å². The van der Waals surface area contributed by atoms with Crippen molar-refractivity contribution in [3.8, 4) is 0 Å². The monoisotopic (exact) mass is 135 g/mol. The first kappa shape index (κ1) is 22.5. The van der Waals surface area contributed by atoms with Crippen LogP contribution in [-0.4, -0.2) is 5.60 Å². The maximum absolute atomic E-state index is 10.1. The first-order valence-corrected chi connectivity index (χ1v) is 1.70. The van der Waals surface area contributed by atoms with Crippen LogP contribution in [0.5, 0.6) is 0 Å². The van der Waals surface area contributed by atoms with Gasteiger partial charge in [0.2, 0.25) is 0 Å². The Bertz CT molecular complexity index is 29.5. The van der Waals surface area contributed by atoms with Crippen LogP contribution >= 0.6 is 0 Å². The minimum absolute atomic E-state index is 0. The van der Waals surface area contributed by atoms with Crippen LogP contribution in [0.25, 0.3) is 6.15 Å². The van der Waals surface area contributed by atoms with E-state index in [1.807, 2.05) is 0 Å². The third-order valence-electron chi connectivity index (χ3n) is 0. The molecule has 0 bridgehead atoms. The van der Waals surface area contributed by atoms with E-state index >= 15 is 0 Å². The third-order valence-corrected chi connectivity index (χ3v) is 0. The van der Waals surface area contributed by atoms with Crippen LogP contribution in [0.4, 0.5) is 0 Å². The van der Waals surface area contributed by atoms with Gasteiger partial charge < -0.3 is 11.3 Å². The summed E-state index contributed by atoms with van der Waals surface area (Å²) in [5.74, 6) is 0. The Hall–Kier alpha value is 1.92. The molecule has 0 aliphatic carbocycles. The maximum atomic E-state index is 10.1. The van der Waals surface area contributed by atoms with Crippen molar-refractivity contribution in [1.82, 2.24) is 0 Å². The SMILES string of the molecule is CC(C)(C)[O-].[NH2-].[Na+].[Na+]. The van der Waals surface area contributed by atoms with Gasteiger partial charge in [0, 0.05) is 0 Å². The molecule has 0 rings (SSSR count). The van der Waals surface area contributed by atoms with Crippen molar-refractivity contribution in [1.29, 1.82) is 0 Å². The molecule has 40 valence electrons. The van der Waals surface area contributed by atoms with Crippen molar-refractivity contribution in [3.63, 3.8) is 0 Å². The van der Waals surface area contributed by atoms with Crippen molar-refractivity contribution in [2.24, 2.45) is 0 Å². The van der Waals surface area contributed by atoms with E-state index in [1.54, 1.807) is 20.8 Å². The average Bonchev–Trinajstić information content (AvgIpc) is 0.722. The normalized spacial score (nSPS) is 7.50. The summed E-state index contributed by atoms with van der Waals surface area (Å²) >= 11 is 0. The van der Waals surface area contributed by atoms with E-state index in [9.17, 15) is 5.11 Å². The van der Waals surface area contributed by atoms with Gasteiger partial charge in [0.05, 0.1) is 0 Å². The molecule has 2 N–H and O–H groups in total. The van der Waals surface area contributed by atoms with Crippen molar-refractivity contribution >= 4 is 0 Å². The van der Waals surface area contributed by atoms with E-state index in [2.05, 4.69) is 0 Å². The zero-order valence-corrected chi connectivity index (χ0v) is 10.5. The maximum Gasteiger partial charge on any atom is 1.00 e. The van der Waals surface area contributed by atoms with Gasteiger partial charge in [0.25, 0.3) is 0 Å². The minimum Gasteiger partial charge on any atom is -0.850 e. The third kappa shape index (κ3) is 103. The Kier molecular flexibility index (Phi) is 25.1. The molecular formula is C4H11NNa2O. The number of nitrogens with two attached hydrogens (primary N) is 1. The predicted octanol–water partition coefficient (Wildman–Crippen LogP) is -5.13. The Morgan fingerprint density at radius 2 is 1.00 bits per heavy atom. The second kappa shape index (κ2) is 8.92. The van der Waals surface area contributed by atoms with Crippen LogP contribution in [0.2, 0.25) is 0 Å². The number of hydrogen-bond acceptors (Lipinski definition) is 1. The number of hydrogen-bond donors (Lipinski definition) is 0. The van der Waals surface area contributed by atoms with Crippen molar-refractivity contribution in [3.05, 3.63) is 6.15 Å². The molecule has 4 heteroatoms. The molecule has 0 spiro atoms. The zero-order chi connectivity index (χ0) is 4.50. The molecular weight excluding hydrogens is 124 g/mol. The summed E-state index contributed by atoms with van der Waals surface area (Å²) in [5, 5.41) is 10.1. The molecule has 0 aromatic carbocycles. The molecule has 0 fully saturated rings. The van der Waals surface area contributed by atoms with Gasteiger partial charge >= 0.3 is 59.1 Å². The quantitative estimate of drug-likeness (QED) is 0.306. The molecule has 0 amide bonds. The summed E-state index contributed by atoms with van der Waals surface area (Å²) in [5.41, 5.74) is -0.750. The molecule has 0 unspecified atom stereocenters. The van der Waals surface area contributed by atoms with Crippen molar-refractivity contribution in [2.75, 3.05) is 0 Å². The van der Waals surface area contributed by atoms with Crippen LogP contribution in [0.3, 0.4) is 0 Å². The van der Waals surface area contributed by atoms with Gasteiger partial charge in [-0.1, -0.05) is 20.8 Å². The fourth-order valence-corrected chi connectivity index (χ4v) is 0. The minimum atomic E-state index is -0.750. The van der Waals surface area contributed by atoms with Gasteiger partial charge in [-0.3, -0.25) is 0 Å². The fraction of sp³-hybridized carbons (Fsp3) is 1.00. The average molecular weight is 135 g/mol. The molecule has 0 radical (unpaired) electrons. The predicted molar refractivity (Wildman–Crippen MR) is 25.0 cm³/mol. The van der Waals surface area contributed by atoms with Crippen LogP contribution in [0, 0.1) is 0 Å². The van der Waals surface area contributed by atoms with Gasteiger partial charge in [-0.05, 0) is 0 Å². The number of rotatable bonds is 0. The van der Waals surface area contributed by atoms with E-state index in [-0.39, 0.29) is 65.3 Å². The molecule has 8 heavy (non-hydrogen) atoms. The second-order valence-corrected chi connectivity index (χ2v) is 2.11. The standard InChI is InChI=1S/C4H9O.H2N.2Na/c1-4(2,3)5;;;/h1-3H3;1H2;;/q2*-1;2*+1. The van der Waals surface area contributed by atoms with E-state index in [0.717, 1.165) is 0 Å². The first-order chi connectivity index (χ1) is 2.00. The van der Waals surface area contributed by atoms with E-state index < -0.39 is 5.60 Å². The first-order valence-electron chi connectivity index (χ1n) is 1.70. The molecule has 2 nitrogen and oxygen atoms in total. The van der Waals surface area contributed by atoms with Crippen LogP contribution in [0.1, 0.15) is 20.8 Å². The topological polar surface area (TPSA) is 56.6 Å².